The van der Waals surface area contributed by atoms with Crippen molar-refractivity contribution in [1.82, 2.24) is 0 Å². The van der Waals surface area contributed by atoms with Crippen molar-refractivity contribution in [2.75, 3.05) is 5.73 Å². The van der Waals surface area contributed by atoms with E-state index in [-0.39, 0.29) is 11.3 Å². The van der Waals surface area contributed by atoms with Crippen molar-refractivity contribution in [3.8, 4) is 0 Å². The summed E-state index contributed by atoms with van der Waals surface area (Å²) in [6.45, 7) is 0. The summed E-state index contributed by atoms with van der Waals surface area (Å²) in [6.07, 6.45) is -4.58. The minimum absolute atomic E-state index is 0.0928. The van der Waals surface area contributed by atoms with E-state index in [1.807, 2.05) is 0 Å². The molecule has 0 heterocycles. The Balaban J connectivity index is 3.51. The number of hydrogen-bond acceptors (Lipinski definition) is 2. The fourth-order valence-corrected chi connectivity index (χ4v) is 1.18. The minimum Gasteiger partial charge on any atom is -0.397 e. The normalized spacial score (nSPS) is 11.4. The summed E-state index contributed by atoms with van der Waals surface area (Å²) < 4.78 is 37.1. The number of nitrogens with two attached hydrogens (primary N) is 1. The van der Waals surface area contributed by atoms with Gasteiger partial charge in [0.1, 0.15) is 0 Å². The first-order chi connectivity index (χ1) is 6.38. The van der Waals surface area contributed by atoms with Gasteiger partial charge < -0.3 is 5.73 Å². The Morgan fingerprint density at radius 1 is 1.36 bits per heavy atom. The third-order valence-corrected chi connectivity index (χ3v) is 1.96. The van der Waals surface area contributed by atoms with E-state index in [1.54, 1.807) is 0 Å². The van der Waals surface area contributed by atoms with Gasteiger partial charge in [-0.2, -0.15) is 13.2 Å². The van der Waals surface area contributed by atoms with Gasteiger partial charge in [-0.15, -0.1) is 0 Å². The highest BCUT2D eigenvalue weighted by atomic mass is 35.5. The van der Waals surface area contributed by atoms with Crippen LogP contribution in [0.1, 0.15) is 15.9 Å². The zero-order valence-electron chi connectivity index (χ0n) is 6.73. The molecule has 14 heavy (non-hydrogen) atoms. The zero-order valence-corrected chi connectivity index (χ0v) is 7.49. The fourth-order valence-electron chi connectivity index (χ4n) is 1.03. The molecule has 6 heteroatoms. The molecule has 0 aliphatic heterocycles. The quantitative estimate of drug-likeness (QED) is 0.588. The highest BCUT2D eigenvalue weighted by molar-refractivity contribution is 6.33. The standard InChI is InChI=1S/C8H5ClF3NO/c9-5-2-1-4(3-14)6(7(5)13)8(10,11)12/h1-3H,13H2. The van der Waals surface area contributed by atoms with Crippen molar-refractivity contribution >= 4 is 23.6 Å². The molecule has 2 N–H and O–H groups in total. The molecular weight excluding hydrogens is 219 g/mol. The van der Waals surface area contributed by atoms with Crippen LogP contribution in [0.4, 0.5) is 18.9 Å². The SMILES string of the molecule is Nc1c(Cl)ccc(C=O)c1C(F)(F)F. The molecule has 0 saturated carbocycles. The number of hydrogen-bond donors (Lipinski definition) is 1. The molecule has 0 spiro atoms. The molecule has 0 atom stereocenters. The van der Waals surface area contributed by atoms with Gasteiger partial charge in [-0.25, -0.2) is 0 Å². The van der Waals surface area contributed by atoms with Crippen molar-refractivity contribution in [2.45, 2.75) is 6.18 Å². The molecule has 76 valence electrons. The Labute approximate surface area is 82.5 Å². The third kappa shape index (κ3) is 1.82. The molecular formula is C8H5ClF3NO. The highest BCUT2D eigenvalue weighted by Gasteiger charge is 2.36. The summed E-state index contributed by atoms with van der Waals surface area (Å²) in [5.41, 5.74) is 2.82. The van der Waals surface area contributed by atoms with E-state index in [2.05, 4.69) is 0 Å². The number of anilines is 1. The molecule has 1 rings (SSSR count). The van der Waals surface area contributed by atoms with E-state index in [0.717, 1.165) is 12.1 Å². The molecule has 0 bridgehead atoms. The van der Waals surface area contributed by atoms with Crippen LogP contribution in [0.5, 0.6) is 0 Å². The van der Waals surface area contributed by atoms with E-state index in [9.17, 15) is 18.0 Å². The number of halogens is 4. The summed E-state index contributed by atoms with van der Waals surface area (Å²) in [4.78, 5) is 10.3. The largest absolute Gasteiger partial charge is 0.419 e. The average molecular weight is 224 g/mol. The van der Waals surface area contributed by atoms with Crippen molar-refractivity contribution < 1.29 is 18.0 Å². The van der Waals surface area contributed by atoms with Gasteiger partial charge in [0.15, 0.2) is 6.29 Å². The molecule has 0 aromatic heterocycles. The molecule has 0 fully saturated rings. The van der Waals surface area contributed by atoms with Crippen LogP contribution in [0.2, 0.25) is 5.02 Å². The van der Waals surface area contributed by atoms with Crippen LogP contribution in [-0.2, 0) is 6.18 Å². The van der Waals surface area contributed by atoms with Gasteiger partial charge in [-0.3, -0.25) is 4.79 Å². The Hall–Kier alpha value is -1.23. The Morgan fingerprint density at radius 3 is 2.36 bits per heavy atom. The number of carbonyl (C=O) groups excluding carboxylic acids is 1. The lowest BCUT2D eigenvalue weighted by Gasteiger charge is -2.12. The first kappa shape index (κ1) is 10.8. The van der Waals surface area contributed by atoms with Crippen LogP contribution in [0, 0.1) is 0 Å². The number of carbonyl (C=O) groups is 1. The molecule has 0 aliphatic rings. The van der Waals surface area contributed by atoms with E-state index in [0.29, 0.717) is 0 Å². The van der Waals surface area contributed by atoms with Crippen LogP contribution in [-0.4, -0.2) is 6.29 Å². The van der Waals surface area contributed by atoms with Crippen molar-refractivity contribution in [2.24, 2.45) is 0 Å². The number of aldehydes is 1. The Bertz CT molecular complexity index is 376. The van der Waals surface area contributed by atoms with Crippen LogP contribution in [0.3, 0.4) is 0 Å². The summed E-state index contributed by atoms with van der Waals surface area (Å²) in [6, 6.07) is 2.13. The zero-order chi connectivity index (χ0) is 10.9. The predicted octanol–water partition coefficient (Wildman–Crippen LogP) is 2.75. The second-order valence-electron chi connectivity index (χ2n) is 2.54. The maximum atomic E-state index is 12.4. The van der Waals surface area contributed by atoms with E-state index >= 15 is 0 Å². The number of benzene rings is 1. The monoisotopic (exact) mass is 223 g/mol. The molecule has 0 radical (unpaired) electrons. The summed E-state index contributed by atoms with van der Waals surface area (Å²) in [5, 5.41) is -0.220. The van der Waals surface area contributed by atoms with Gasteiger partial charge in [-0.1, -0.05) is 11.6 Å². The smallest absolute Gasteiger partial charge is 0.397 e. The van der Waals surface area contributed by atoms with Crippen LogP contribution in [0.15, 0.2) is 12.1 Å². The molecule has 1 aromatic carbocycles. The van der Waals surface area contributed by atoms with E-state index < -0.39 is 23.0 Å². The summed E-state index contributed by atoms with van der Waals surface area (Å²) >= 11 is 5.41. The molecule has 0 saturated heterocycles. The van der Waals surface area contributed by atoms with Gasteiger partial charge in [0.2, 0.25) is 0 Å². The molecule has 0 unspecified atom stereocenters. The van der Waals surface area contributed by atoms with Gasteiger partial charge in [-0.05, 0) is 12.1 Å². The van der Waals surface area contributed by atoms with Crippen molar-refractivity contribution in [3.05, 3.63) is 28.3 Å². The fraction of sp³-hybridized carbons (Fsp3) is 0.125. The second kappa shape index (κ2) is 3.49. The first-order valence-electron chi connectivity index (χ1n) is 3.48. The lowest BCUT2D eigenvalue weighted by atomic mass is 10.1. The summed E-state index contributed by atoms with van der Waals surface area (Å²) in [5.74, 6) is 0. The first-order valence-corrected chi connectivity index (χ1v) is 3.86. The summed E-state index contributed by atoms with van der Waals surface area (Å²) in [7, 11) is 0. The molecule has 2 nitrogen and oxygen atoms in total. The topological polar surface area (TPSA) is 43.1 Å². The maximum Gasteiger partial charge on any atom is 0.419 e. The third-order valence-electron chi connectivity index (χ3n) is 1.63. The highest BCUT2D eigenvalue weighted by Crippen LogP contribution is 2.38. The van der Waals surface area contributed by atoms with Crippen LogP contribution >= 0.6 is 11.6 Å². The van der Waals surface area contributed by atoms with Crippen molar-refractivity contribution in [3.63, 3.8) is 0 Å². The number of nitrogen functional groups attached to an aromatic ring is 1. The van der Waals surface area contributed by atoms with Gasteiger partial charge in [0.05, 0.1) is 16.3 Å². The molecule has 0 aliphatic carbocycles. The lowest BCUT2D eigenvalue weighted by molar-refractivity contribution is -0.137. The second-order valence-corrected chi connectivity index (χ2v) is 2.95. The average Bonchev–Trinajstić information content (AvgIpc) is 2.07. The Kier molecular flexibility index (Phi) is 2.71. The number of alkyl halides is 3. The van der Waals surface area contributed by atoms with Crippen LogP contribution < -0.4 is 5.73 Å². The molecule has 1 aromatic rings. The number of rotatable bonds is 1. The van der Waals surface area contributed by atoms with E-state index in [1.165, 1.54) is 0 Å². The van der Waals surface area contributed by atoms with Gasteiger partial charge in [0.25, 0.3) is 0 Å². The minimum atomic E-state index is -4.68. The maximum absolute atomic E-state index is 12.4. The van der Waals surface area contributed by atoms with E-state index in [4.69, 9.17) is 17.3 Å². The Morgan fingerprint density at radius 2 is 1.93 bits per heavy atom. The molecule has 0 amide bonds. The lowest BCUT2D eigenvalue weighted by Crippen LogP contribution is -2.12. The van der Waals surface area contributed by atoms with Crippen LogP contribution in [0.25, 0.3) is 0 Å². The van der Waals surface area contributed by atoms with Gasteiger partial charge >= 0.3 is 6.18 Å². The van der Waals surface area contributed by atoms with Crippen molar-refractivity contribution in [1.29, 1.82) is 0 Å². The predicted molar refractivity (Wildman–Crippen MR) is 46.3 cm³/mol. The van der Waals surface area contributed by atoms with Gasteiger partial charge in [0, 0.05) is 5.56 Å².